The molecule has 1 fully saturated rings. The largest absolute Gasteiger partial charge is 0.374 e. The van der Waals surface area contributed by atoms with Crippen LogP contribution in [0, 0.1) is 12.8 Å². The summed E-state index contributed by atoms with van der Waals surface area (Å²) in [5.74, 6) is 1.03. The van der Waals surface area contributed by atoms with Gasteiger partial charge in [0.15, 0.2) is 0 Å². The molecule has 1 atom stereocenters. The lowest BCUT2D eigenvalue weighted by Crippen LogP contribution is -2.48. The lowest BCUT2D eigenvalue weighted by Gasteiger charge is -2.33. The lowest BCUT2D eigenvalue weighted by molar-refractivity contribution is -0.122. The number of nitrogens with one attached hydrogen (secondary N) is 2. The number of aromatic nitrogens is 3. The molecule has 1 saturated heterocycles. The fraction of sp³-hybridized carbons (Fsp3) is 0.545. The van der Waals surface area contributed by atoms with Crippen molar-refractivity contribution in [2.24, 2.45) is 5.92 Å². The molecule has 8 nitrogen and oxygen atoms in total. The molecule has 1 aliphatic rings. The highest BCUT2D eigenvalue weighted by atomic mass is 16.5. The Hall–Kier alpha value is -2.58. The number of aryl methyl sites for hydroxylation is 1. The smallest absolute Gasteiger partial charge is 0.254 e. The number of hydrogen-bond donors (Lipinski definition) is 2. The molecule has 2 aromatic rings. The van der Waals surface area contributed by atoms with Gasteiger partial charge in [-0.05, 0) is 31.4 Å². The molecule has 3 rings (SSSR count). The zero-order valence-corrected chi connectivity index (χ0v) is 18.0. The van der Waals surface area contributed by atoms with E-state index < -0.39 is 0 Å². The molecular weight excluding hydrogens is 382 g/mol. The van der Waals surface area contributed by atoms with Gasteiger partial charge in [-0.2, -0.15) is 0 Å². The van der Waals surface area contributed by atoms with E-state index in [9.17, 15) is 9.59 Å². The van der Waals surface area contributed by atoms with Gasteiger partial charge in [-0.3, -0.25) is 19.5 Å². The topological polar surface area (TPSA) is 100 Å². The average Bonchev–Trinajstić information content (AvgIpc) is 2.72. The first-order chi connectivity index (χ1) is 14.4. The van der Waals surface area contributed by atoms with E-state index in [1.165, 1.54) is 0 Å². The van der Waals surface area contributed by atoms with Crippen molar-refractivity contribution >= 4 is 5.91 Å². The van der Waals surface area contributed by atoms with Gasteiger partial charge < -0.3 is 15.0 Å². The van der Waals surface area contributed by atoms with Crippen molar-refractivity contribution < 1.29 is 9.53 Å². The number of amides is 1. The Kier molecular flexibility index (Phi) is 7.70. The highest BCUT2D eigenvalue weighted by molar-refractivity contribution is 5.76. The lowest BCUT2D eigenvalue weighted by atomic mass is 10.1. The van der Waals surface area contributed by atoms with E-state index in [1.807, 2.05) is 0 Å². The summed E-state index contributed by atoms with van der Waals surface area (Å²) < 4.78 is 5.77. The summed E-state index contributed by atoms with van der Waals surface area (Å²) in [5, 5.41) is 2.94. The van der Waals surface area contributed by atoms with Crippen molar-refractivity contribution in [2.45, 2.75) is 39.7 Å². The van der Waals surface area contributed by atoms with Crippen LogP contribution in [-0.4, -0.2) is 64.6 Å². The van der Waals surface area contributed by atoms with E-state index in [1.54, 1.807) is 31.5 Å². The second-order valence-electron chi connectivity index (χ2n) is 8.16. The first-order valence-electron chi connectivity index (χ1n) is 10.5. The van der Waals surface area contributed by atoms with Crippen molar-refractivity contribution in [3.8, 4) is 11.4 Å². The fourth-order valence-corrected chi connectivity index (χ4v) is 3.69. The normalized spacial score (nSPS) is 17.3. The van der Waals surface area contributed by atoms with E-state index in [0.717, 1.165) is 25.2 Å². The summed E-state index contributed by atoms with van der Waals surface area (Å²) in [4.78, 5) is 38.5. The Labute approximate surface area is 177 Å². The number of carbonyl (C=O) groups is 1. The van der Waals surface area contributed by atoms with Crippen LogP contribution in [0.3, 0.4) is 0 Å². The van der Waals surface area contributed by atoms with Crippen LogP contribution >= 0.6 is 0 Å². The molecule has 0 saturated carbocycles. The predicted octanol–water partition coefficient (Wildman–Crippen LogP) is 1.55. The predicted molar refractivity (Wildman–Crippen MR) is 115 cm³/mol. The monoisotopic (exact) mass is 413 g/mol. The van der Waals surface area contributed by atoms with Crippen molar-refractivity contribution in [1.82, 2.24) is 25.2 Å². The minimum atomic E-state index is -0.206. The van der Waals surface area contributed by atoms with Crippen molar-refractivity contribution in [3.05, 3.63) is 46.1 Å². The molecule has 162 valence electrons. The highest BCUT2D eigenvalue weighted by Gasteiger charge is 2.21. The molecule has 2 N–H and O–H groups in total. The zero-order chi connectivity index (χ0) is 21.5. The Morgan fingerprint density at radius 1 is 1.37 bits per heavy atom. The van der Waals surface area contributed by atoms with Gasteiger partial charge in [-0.15, -0.1) is 0 Å². The number of hydrogen-bond acceptors (Lipinski definition) is 6. The number of rotatable bonds is 8. The van der Waals surface area contributed by atoms with Gasteiger partial charge in [0.05, 0.1) is 12.7 Å². The number of morpholine rings is 1. The van der Waals surface area contributed by atoms with Crippen molar-refractivity contribution in [3.63, 3.8) is 0 Å². The van der Waals surface area contributed by atoms with Crippen LogP contribution in [-0.2, 0) is 16.0 Å². The summed E-state index contributed by atoms with van der Waals surface area (Å²) >= 11 is 0. The molecule has 1 unspecified atom stereocenters. The molecule has 0 radical (unpaired) electrons. The van der Waals surface area contributed by atoms with E-state index >= 15 is 0 Å². The van der Waals surface area contributed by atoms with E-state index in [4.69, 9.17) is 4.74 Å². The molecule has 1 amide bonds. The third-order valence-electron chi connectivity index (χ3n) is 5.15. The quantitative estimate of drug-likeness (QED) is 0.681. The molecular formula is C22H31N5O3. The van der Waals surface area contributed by atoms with Gasteiger partial charge in [0, 0.05) is 61.8 Å². The minimum absolute atomic E-state index is 0.00732. The van der Waals surface area contributed by atoms with Gasteiger partial charge in [0.2, 0.25) is 5.91 Å². The molecule has 0 spiro atoms. The maximum absolute atomic E-state index is 12.5. The fourth-order valence-electron chi connectivity index (χ4n) is 3.69. The van der Waals surface area contributed by atoms with Crippen molar-refractivity contribution in [1.29, 1.82) is 0 Å². The molecule has 30 heavy (non-hydrogen) atoms. The summed E-state index contributed by atoms with van der Waals surface area (Å²) in [5.41, 5.74) is 1.77. The van der Waals surface area contributed by atoms with E-state index in [0.29, 0.717) is 42.6 Å². The number of pyridine rings is 1. The molecule has 8 heteroatoms. The van der Waals surface area contributed by atoms with Crippen LogP contribution in [0.5, 0.6) is 0 Å². The van der Waals surface area contributed by atoms with E-state index in [-0.39, 0.29) is 24.0 Å². The highest BCUT2D eigenvalue weighted by Crippen LogP contribution is 2.13. The van der Waals surface area contributed by atoms with Gasteiger partial charge in [0.1, 0.15) is 5.82 Å². The summed E-state index contributed by atoms with van der Waals surface area (Å²) in [6.07, 6.45) is 3.90. The second-order valence-corrected chi connectivity index (χ2v) is 8.16. The third kappa shape index (κ3) is 6.21. The number of ether oxygens (including phenoxy) is 1. The summed E-state index contributed by atoms with van der Waals surface area (Å²) in [7, 11) is 0. The zero-order valence-electron chi connectivity index (χ0n) is 18.0. The first-order valence-corrected chi connectivity index (χ1v) is 10.5. The number of carbonyl (C=O) groups excluding carboxylic acids is 1. The molecule has 1 aliphatic heterocycles. The molecule has 2 aromatic heterocycles. The summed E-state index contributed by atoms with van der Waals surface area (Å²) in [6.45, 7) is 10.2. The Bertz CT molecular complexity index is 897. The van der Waals surface area contributed by atoms with Crippen molar-refractivity contribution in [2.75, 3.05) is 32.8 Å². The summed E-state index contributed by atoms with van der Waals surface area (Å²) in [6, 6.07) is 3.58. The van der Waals surface area contributed by atoms with Gasteiger partial charge in [0.25, 0.3) is 5.56 Å². The Balaban J connectivity index is 1.50. The SMILES string of the molecule is Cc1nc(-c2ccncc2)[nH]c(=O)c1CCC(=O)NCC1CN(CC(C)C)CCO1. The van der Waals surface area contributed by atoms with Gasteiger partial charge in [-0.1, -0.05) is 13.8 Å². The second kappa shape index (κ2) is 10.4. The Morgan fingerprint density at radius 2 is 2.13 bits per heavy atom. The van der Waals surface area contributed by atoms with Gasteiger partial charge in [-0.25, -0.2) is 4.98 Å². The molecule has 0 aromatic carbocycles. The third-order valence-corrected chi connectivity index (χ3v) is 5.15. The average molecular weight is 414 g/mol. The number of H-pyrrole nitrogens is 1. The molecule has 3 heterocycles. The van der Waals surface area contributed by atoms with Crippen LogP contribution in [0.4, 0.5) is 0 Å². The van der Waals surface area contributed by atoms with Crippen LogP contribution < -0.4 is 10.9 Å². The standard InChI is InChI=1S/C22H31N5O3/c1-15(2)13-27-10-11-30-18(14-27)12-24-20(28)5-4-19-16(3)25-21(26-22(19)29)17-6-8-23-9-7-17/h6-9,15,18H,4-5,10-14H2,1-3H3,(H,24,28)(H,25,26,29). The first kappa shape index (κ1) is 22.1. The Morgan fingerprint density at radius 3 is 2.83 bits per heavy atom. The minimum Gasteiger partial charge on any atom is -0.374 e. The maximum atomic E-state index is 12.5. The van der Waals surface area contributed by atoms with Crippen LogP contribution in [0.2, 0.25) is 0 Å². The van der Waals surface area contributed by atoms with Gasteiger partial charge >= 0.3 is 0 Å². The number of aromatic amines is 1. The molecule has 0 bridgehead atoms. The number of nitrogens with zero attached hydrogens (tertiary/aromatic N) is 3. The van der Waals surface area contributed by atoms with Crippen LogP contribution in [0.15, 0.2) is 29.3 Å². The van der Waals surface area contributed by atoms with Crippen LogP contribution in [0.1, 0.15) is 31.5 Å². The maximum Gasteiger partial charge on any atom is 0.254 e. The van der Waals surface area contributed by atoms with E-state index in [2.05, 4.69) is 39.0 Å². The van der Waals surface area contributed by atoms with Crippen LogP contribution in [0.25, 0.3) is 11.4 Å². The molecule has 0 aliphatic carbocycles.